The van der Waals surface area contributed by atoms with E-state index >= 15 is 0 Å². The van der Waals surface area contributed by atoms with Gasteiger partial charge in [0.25, 0.3) is 0 Å². The van der Waals surface area contributed by atoms with Crippen LogP contribution in [0, 0.1) is 34.5 Å². The lowest BCUT2D eigenvalue weighted by molar-refractivity contribution is -0.163. The van der Waals surface area contributed by atoms with Gasteiger partial charge in [0.05, 0.1) is 18.1 Å². The molecule has 0 bridgehead atoms. The Balaban J connectivity index is 0.000000296. The molecule has 7 atom stereocenters. The number of hydrogen-bond donors (Lipinski definition) is 4. The largest absolute Gasteiger partial charge is 0.477 e. The molecule has 0 aromatic heterocycles. The number of aliphatic hydroxyl groups is 2. The highest BCUT2D eigenvalue weighted by molar-refractivity contribution is 8.03. The number of aliphatic carboxylic acids is 1. The van der Waals surface area contributed by atoms with Crippen molar-refractivity contribution < 1.29 is 24.9 Å². The molecule has 5 aliphatic heterocycles. The molecule has 0 radical (unpaired) electrons. The van der Waals surface area contributed by atoms with Crippen LogP contribution in [-0.4, -0.2) is 119 Å². The Morgan fingerprint density at radius 2 is 1.83 bits per heavy atom. The highest BCUT2D eigenvalue weighted by Crippen LogP contribution is 2.52. The number of carboxylic acids is 1. The fourth-order valence-corrected chi connectivity index (χ4v) is 9.32. The van der Waals surface area contributed by atoms with Crippen molar-refractivity contribution >= 4 is 23.6 Å². The Bertz CT molecular complexity index is 1000. The fourth-order valence-electron chi connectivity index (χ4n) is 7.80. The Labute approximate surface area is 251 Å². The van der Waals surface area contributed by atoms with Crippen LogP contribution in [-0.2, 0) is 9.59 Å². The zero-order valence-corrected chi connectivity index (χ0v) is 27.0. The highest BCUT2D eigenvalue weighted by atomic mass is 32.2. The van der Waals surface area contributed by atoms with Gasteiger partial charge in [0.1, 0.15) is 5.70 Å². The van der Waals surface area contributed by atoms with E-state index in [2.05, 4.69) is 49.9 Å². The van der Waals surface area contributed by atoms with E-state index < -0.39 is 18.0 Å². The molecule has 41 heavy (non-hydrogen) atoms. The molecule has 4 N–H and O–H groups in total. The molecule has 0 saturated carbocycles. The second kappa shape index (κ2) is 12.8. The van der Waals surface area contributed by atoms with Crippen LogP contribution in [0.15, 0.2) is 10.6 Å². The number of piperidine rings is 2. The van der Waals surface area contributed by atoms with Gasteiger partial charge < -0.3 is 35.3 Å². The second-order valence-corrected chi connectivity index (χ2v) is 15.9. The van der Waals surface area contributed by atoms with Gasteiger partial charge in [0, 0.05) is 48.9 Å². The lowest BCUT2D eigenvalue weighted by atomic mass is 9.74. The molecule has 5 aliphatic rings. The van der Waals surface area contributed by atoms with Crippen molar-refractivity contribution in [3.8, 4) is 0 Å². The monoisotopic (exact) mass is 594 g/mol. The van der Waals surface area contributed by atoms with E-state index in [9.17, 15) is 19.8 Å². The maximum atomic E-state index is 12.5. The number of aliphatic hydroxyl groups excluding tert-OH is 2. The first-order valence-corrected chi connectivity index (χ1v) is 16.4. The summed E-state index contributed by atoms with van der Waals surface area (Å²) in [6.07, 6.45) is 2.62. The van der Waals surface area contributed by atoms with Crippen molar-refractivity contribution in [2.75, 3.05) is 59.5 Å². The van der Waals surface area contributed by atoms with E-state index in [4.69, 9.17) is 5.11 Å². The highest BCUT2D eigenvalue weighted by Gasteiger charge is 2.60. The quantitative estimate of drug-likeness (QED) is 0.330. The van der Waals surface area contributed by atoms with Crippen molar-refractivity contribution in [3.05, 3.63) is 10.6 Å². The van der Waals surface area contributed by atoms with E-state index in [1.807, 2.05) is 6.92 Å². The molecule has 0 aromatic carbocycles. The van der Waals surface area contributed by atoms with Gasteiger partial charge in [-0.05, 0) is 75.5 Å². The number of carbonyl (C=O) groups excluding carboxylic acids is 1. The van der Waals surface area contributed by atoms with Crippen LogP contribution < -0.4 is 5.32 Å². The third-order valence-corrected chi connectivity index (χ3v) is 12.1. The number of carboxylic acid groups (broad SMARTS) is 1. The standard InChI is InChI=1S/C22H35N3O4S.C9H19NO/c1-12-17-16(13(2)26)20(27)25(17)18(21(28)29)19(12)30-15-6-8-24(10-15)9-14-5-7-23-11-22(14,3)4;1-9(2)7-10(3)5-4-8(9)6-11/h12-17,23,26H,5-11H2,1-4H3,(H,28,29);8,11H,4-7H2,1-3H3/t12-,13-,14?,15-,16-,17-;/m1./s1. The van der Waals surface area contributed by atoms with E-state index in [-0.39, 0.29) is 23.6 Å². The number of nitrogens with one attached hydrogen (secondary N) is 1. The summed E-state index contributed by atoms with van der Waals surface area (Å²) in [7, 11) is 2.15. The van der Waals surface area contributed by atoms with Crippen LogP contribution in [0.1, 0.15) is 60.8 Å². The maximum absolute atomic E-state index is 12.5. The second-order valence-electron chi connectivity index (χ2n) is 14.6. The zero-order chi connectivity index (χ0) is 30.3. The minimum Gasteiger partial charge on any atom is -0.477 e. The molecule has 4 saturated heterocycles. The predicted molar refractivity (Wildman–Crippen MR) is 163 cm³/mol. The van der Waals surface area contributed by atoms with Gasteiger partial charge in [-0.15, -0.1) is 11.8 Å². The normalized spacial score (nSPS) is 35.9. The SMILES string of the molecule is CN1CCC(CO)C(C)(C)C1.C[C@@H](O)[C@H]1C(=O)N2C(C(=O)O)=C(S[C@@H]3CCN(CC4CCNCC4(C)C)C3)[C@H](C)[C@H]12. The fraction of sp³-hybridized carbons (Fsp3) is 0.871. The average molecular weight is 595 g/mol. The molecule has 0 spiro atoms. The number of β-lactam (4-membered cyclic amide) rings is 1. The summed E-state index contributed by atoms with van der Waals surface area (Å²) >= 11 is 1.66. The van der Waals surface area contributed by atoms with E-state index in [0.29, 0.717) is 34.5 Å². The predicted octanol–water partition coefficient (Wildman–Crippen LogP) is 2.54. The summed E-state index contributed by atoms with van der Waals surface area (Å²) in [5.74, 6) is -0.649. The number of nitrogens with zero attached hydrogens (tertiary/aromatic N) is 3. The molecule has 0 aliphatic carbocycles. The van der Waals surface area contributed by atoms with Gasteiger partial charge in [-0.25, -0.2) is 4.79 Å². The summed E-state index contributed by atoms with van der Waals surface area (Å²) in [5, 5.41) is 32.8. The summed E-state index contributed by atoms with van der Waals surface area (Å²) in [6, 6.07) is -0.223. The third-order valence-electron chi connectivity index (χ3n) is 10.5. The Kier molecular flexibility index (Phi) is 10.2. The van der Waals surface area contributed by atoms with Crippen LogP contribution >= 0.6 is 11.8 Å². The number of fused-ring (bicyclic) bond motifs is 1. The molecule has 4 fully saturated rings. The van der Waals surface area contributed by atoms with Crippen LogP contribution in [0.2, 0.25) is 0 Å². The number of hydrogen-bond acceptors (Lipinski definition) is 8. The Morgan fingerprint density at radius 3 is 2.41 bits per heavy atom. The van der Waals surface area contributed by atoms with Crippen LogP contribution in [0.3, 0.4) is 0 Å². The molecule has 9 nitrogen and oxygen atoms in total. The molecule has 234 valence electrons. The number of carbonyl (C=O) groups is 2. The minimum absolute atomic E-state index is 0.0456. The van der Waals surface area contributed by atoms with Crippen LogP contribution in [0.4, 0.5) is 0 Å². The third kappa shape index (κ3) is 6.83. The van der Waals surface area contributed by atoms with E-state index in [1.54, 1.807) is 18.7 Å². The van der Waals surface area contributed by atoms with Gasteiger partial charge in [-0.2, -0.15) is 0 Å². The Morgan fingerprint density at radius 1 is 1.12 bits per heavy atom. The first kappa shape index (κ1) is 32.7. The van der Waals surface area contributed by atoms with Gasteiger partial charge in [0.15, 0.2) is 0 Å². The number of amides is 1. The topological polar surface area (TPSA) is 117 Å². The van der Waals surface area contributed by atoms with Crippen molar-refractivity contribution in [3.63, 3.8) is 0 Å². The lowest BCUT2D eigenvalue weighted by Gasteiger charge is -2.46. The first-order chi connectivity index (χ1) is 19.2. The number of likely N-dealkylation sites (tertiary alicyclic amines) is 2. The smallest absolute Gasteiger partial charge is 0.353 e. The molecular weight excluding hydrogens is 540 g/mol. The molecule has 2 unspecified atom stereocenters. The van der Waals surface area contributed by atoms with Gasteiger partial charge in [-0.1, -0.05) is 34.6 Å². The minimum atomic E-state index is -1.03. The molecular formula is C31H54N4O5S. The van der Waals surface area contributed by atoms with Crippen molar-refractivity contribution in [1.82, 2.24) is 20.0 Å². The van der Waals surface area contributed by atoms with Crippen molar-refractivity contribution in [1.29, 1.82) is 0 Å². The maximum Gasteiger partial charge on any atom is 0.353 e. The van der Waals surface area contributed by atoms with E-state index in [1.165, 1.54) is 11.3 Å². The summed E-state index contributed by atoms with van der Waals surface area (Å²) in [4.78, 5) is 31.6. The molecule has 0 aromatic rings. The van der Waals surface area contributed by atoms with Crippen LogP contribution in [0.25, 0.3) is 0 Å². The first-order valence-electron chi connectivity index (χ1n) is 15.6. The summed E-state index contributed by atoms with van der Waals surface area (Å²) < 4.78 is 0. The average Bonchev–Trinajstić information content (AvgIpc) is 3.40. The summed E-state index contributed by atoms with van der Waals surface area (Å²) in [5.41, 5.74) is 0.741. The van der Waals surface area contributed by atoms with Crippen molar-refractivity contribution in [2.24, 2.45) is 34.5 Å². The number of thioether (sulfide) groups is 1. The van der Waals surface area contributed by atoms with Crippen LogP contribution in [0.5, 0.6) is 0 Å². The van der Waals surface area contributed by atoms with Gasteiger partial charge in [0.2, 0.25) is 5.91 Å². The molecule has 5 rings (SSSR count). The number of rotatable bonds is 7. The van der Waals surface area contributed by atoms with E-state index in [0.717, 1.165) is 63.6 Å². The lowest BCUT2D eigenvalue weighted by Crippen LogP contribution is -2.63. The molecule has 10 heteroatoms. The van der Waals surface area contributed by atoms with Crippen molar-refractivity contribution in [2.45, 2.75) is 78.2 Å². The Hall–Kier alpha value is -1.17. The van der Waals surface area contributed by atoms with Gasteiger partial charge >= 0.3 is 5.97 Å². The zero-order valence-electron chi connectivity index (χ0n) is 26.2. The summed E-state index contributed by atoms with van der Waals surface area (Å²) in [6.45, 7) is 20.6. The van der Waals surface area contributed by atoms with Gasteiger partial charge in [-0.3, -0.25) is 4.79 Å². The molecule has 5 heterocycles. The molecule has 1 amide bonds.